The molecule has 1 aliphatic heterocycles. The minimum absolute atomic E-state index is 0.0512. The van der Waals surface area contributed by atoms with E-state index in [0.29, 0.717) is 19.6 Å². The van der Waals surface area contributed by atoms with Gasteiger partial charge in [0.05, 0.1) is 17.5 Å². The summed E-state index contributed by atoms with van der Waals surface area (Å²) in [6, 6.07) is 14.0. The molecule has 1 N–H and O–H groups in total. The molecule has 1 fully saturated rings. The molecule has 0 aliphatic carbocycles. The molecule has 3 rings (SSSR count). The van der Waals surface area contributed by atoms with E-state index < -0.39 is 0 Å². The average molecular weight is 386 g/mol. The Balaban J connectivity index is 1.48. The third-order valence-corrected chi connectivity index (χ3v) is 5.73. The lowest BCUT2D eigenvalue weighted by Gasteiger charge is -2.34. The first-order valence-electron chi connectivity index (χ1n) is 9.57. The number of carbonyl (C=O) groups is 2. The number of nitrogens with zero attached hydrogens (tertiary/aromatic N) is 2. The van der Waals surface area contributed by atoms with Gasteiger partial charge in [0.15, 0.2) is 0 Å². The molecule has 0 saturated carbocycles. The molecule has 1 aromatic carbocycles. The van der Waals surface area contributed by atoms with E-state index in [1.807, 2.05) is 40.6 Å². The summed E-state index contributed by atoms with van der Waals surface area (Å²) in [6.07, 6.45) is 1.95. The van der Waals surface area contributed by atoms with E-state index in [4.69, 9.17) is 0 Å². The van der Waals surface area contributed by atoms with E-state index in [2.05, 4.69) is 29.3 Å². The molecule has 27 heavy (non-hydrogen) atoms. The molecule has 2 amide bonds. The Morgan fingerprint density at radius 2 is 1.81 bits per heavy atom. The summed E-state index contributed by atoms with van der Waals surface area (Å²) in [5.74, 6) is 0.150. The van der Waals surface area contributed by atoms with Crippen molar-refractivity contribution in [3.8, 4) is 0 Å². The molecular weight excluding hydrogens is 358 g/mol. The molecule has 1 saturated heterocycles. The van der Waals surface area contributed by atoms with Crippen molar-refractivity contribution in [1.29, 1.82) is 0 Å². The fourth-order valence-electron chi connectivity index (χ4n) is 3.40. The summed E-state index contributed by atoms with van der Waals surface area (Å²) in [5, 5.41) is 5.10. The first-order chi connectivity index (χ1) is 13.2. The van der Waals surface area contributed by atoms with Gasteiger partial charge in [0.1, 0.15) is 0 Å². The number of rotatable bonds is 7. The number of hydrogen-bond acceptors (Lipinski definition) is 4. The van der Waals surface area contributed by atoms with E-state index in [9.17, 15) is 9.59 Å². The fourth-order valence-corrected chi connectivity index (χ4v) is 4.10. The molecule has 6 heteroatoms. The lowest BCUT2D eigenvalue weighted by atomic mass is 10.0. The van der Waals surface area contributed by atoms with Crippen molar-refractivity contribution in [2.24, 2.45) is 0 Å². The molecule has 0 bridgehead atoms. The second kappa shape index (κ2) is 9.67. The van der Waals surface area contributed by atoms with Gasteiger partial charge in [0, 0.05) is 26.2 Å². The van der Waals surface area contributed by atoms with Crippen molar-refractivity contribution >= 4 is 23.2 Å². The SMILES string of the molecule is CCC[C@@H](NC(=O)CN1CCN(C(=O)c2cccs2)CC1)c1ccccc1. The number of benzene rings is 1. The molecule has 5 nitrogen and oxygen atoms in total. The second-order valence-electron chi connectivity index (χ2n) is 6.87. The zero-order chi connectivity index (χ0) is 19.1. The van der Waals surface area contributed by atoms with Crippen LogP contribution in [0.3, 0.4) is 0 Å². The molecule has 1 aromatic heterocycles. The van der Waals surface area contributed by atoms with Crippen LogP contribution in [0.15, 0.2) is 47.8 Å². The van der Waals surface area contributed by atoms with Crippen LogP contribution in [-0.2, 0) is 4.79 Å². The number of piperazine rings is 1. The van der Waals surface area contributed by atoms with Gasteiger partial charge in [-0.1, -0.05) is 49.7 Å². The molecule has 0 radical (unpaired) electrons. The highest BCUT2D eigenvalue weighted by Gasteiger charge is 2.24. The average Bonchev–Trinajstić information content (AvgIpc) is 3.23. The molecule has 0 unspecified atom stereocenters. The zero-order valence-corrected chi connectivity index (χ0v) is 16.6. The molecule has 144 valence electrons. The van der Waals surface area contributed by atoms with Gasteiger partial charge in [0.25, 0.3) is 5.91 Å². The number of carbonyl (C=O) groups excluding carboxylic acids is 2. The number of hydrogen-bond donors (Lipinski definition) is 1. The van der Waals surface area contributed by atoms with Gasteiger partial charge in [-0.3, -0.25) is 14.5 Å². The van der Waals surface area contributed by atoms with E-state index in [1.165, 1.54) is 11.3 Å². The maximum absolute atomic E-state index is 12.5. The summed E-state index contributed by atoms with van der Waals surface area (Å²) in [5.41, 5.74) is 1.15. The van der Waals surface area contributed by atoms with Crippen LogP contribution in [0.25, 0.3) is 0 Å². The van der Waals surface area contributed by atoms with E-state index >= 15 is 0 Å². The first-order valence-corrected chi connectivity index (χ1v) is 10.4. The van der Waals surface area contributed by atoms with Gasteiger partial charge in [-0.25, -0.2) is 0 Å². The van der Waals surface area contributed by atoms with Crippen LogP contribution in [0, 0.1) is 0 Å². The topological polar surface area (TPSA) is 52.7 Å². The number of thiophene rings is 1. The summed E-state index contributed by atoms with van der Waals surface area (Å²) in [7, 11) is 0. The lowest BCUT2D eigenvalue weighted by Crippen LogP contribution is -2.51. The Bertz CT molecular complexity index is 725. The van der Waals surface area contributed by atoms with Gasteiger partial charge in [-0.15, -0.1) is 11.3 Å². The maximum Gasteiger partial charge on any atom is 0.264 e. The van der Waals surface area contributed by atoms with Crippen LogP contribution in [0.2, 0.25) is 0 Å². The van der Waals surface area contributed by atoms with E-state index in [0.717, 1.165) is 36.4 Å². The van der Waals surface area contributed by atoms with Crippen molar-refractivity contribution in [2.75, 3.05) is 32.7 Å². The predicted octanol–water partition coefficient (Wildman–Crippen LogP) is 3.16. The Hall–Kier alpha value is -2.18. The molecule has 1 aliphatic rings. The fraction of sp³-hybridized carbons (Fsp3) is 0.429. The highest BCUT2D eigenvalue weighted by atomic mass is 32.1. The third kappa shape index (κ3) is 5.40. The normalized spacial score (nSPS) is 16.1. The monoisotopic (exact) mass is 385 g/mol. The molecule has 2 aromatic rings. The van der Waals surface area contributed by atoms with Crippen molar-refractivity contribution in [2.45, 2.75) is 25.8 Å². The summed E-state index contributed by atoms with van der Waals surface area (Å²) < 4.78 is 0. The van der Waals surface area contributed by atoms with E-state index in [-0.39, 0.29) is 17.9 Å². The van der Waals surface area contributed by atoms with Crippen molar-refractivity contribution in [3.63, 3.8) is 0 Å². The standard InChI is InChI=1S/C21H27N3O2S/c1-2-7-18(17-8-4-3-5-9-17)22-20(25)16-23-11-13-24(14-12-23)21(26)19-10-6-15-27-19/h3-6,8-10,15,18H,2,7,11-14,16H2,1H3,(H,22,25)/t18-/m1/s1. The number of nitrogens with one attached hydrogen (secondary N) is 1. The zero-order valence-electron chi connectivity index (χ0n) is 15.8. The van der Waals surface area contributed by atoms with E-state index in [1.54, 1.807) is 0 Å². The van der Waals surface area contributed by atoms with Gasteiger partial charge >= 0.3 is 0 Å². The molecule has 0 spiro atoms. The predicted molar refractivity (Wildman–Crippen MR) is 109 cm³/mol. The van der Waals surface area contributed by atoms with Crippen LogP contribution >= 0.6 is 11.3 Å². The maximum atomic E-state index is 12.5. The largest absolute Gasteiger partial charge is 0.348 e. The van der Waals surface area contributed by atoms with Gasteiger partial charge < -0.3 is 10.2 Å². The molecule has 1 atom stereocenters. The van der Waals surface area contributed by atoms with Crippen molar-refractivity contribution in [3.05, 3.63) is 58.3 Å². The Labute approximate surface area is 165 Å². The Kier molecular flexibility index (Phi) is 7.01. The quantitative estimate of drug-likeness (QED) is 0.797. The summed E-state index contributed by atoms with van der Waals surface area (Å²) in [4.78, 5) is 29.7. The highest BCUT2D eigenvalue weighted by Crippen LogP contribution is 2.18. The molecule has 2 heterocycles. The van der Waals surface area contributed by atoms with Gasteiger partial charge in [-0.05, 0) is 23.4 Å². The van der Waals surface area contributed by atoms with Crippen LogP contribution in [-0.4, -0.2) is 54.3 Å². The van der Waals surface area contributed by atoms with Crippen molar-refractivity contribution < 1.29 is 9.59 Å². The third-order valence-electron chi connectivity index (χ3n) is 4.87. The van der Waals surface area contributed by atoms with Gasteiger partial charge in [0.2, 0.25) is 5.91 Å². The summed E-state index contributed by atoms with van der Waals surface area (Å²) in [6.45, 7) is 5.31. The van der Waals surface area contributed by atoms with Gasteiger partial charge in [-0.2, -0.15) is 0 Å². The Morgan fingerprint density at radius 3 is 2.44 bits per heavy atom. The first kappa shape index (κ1) is 19.6. The highest BCUT2D eigenvalue weighted by molar-refractivity contribution is 7.12. The smallest absolute Gasteiger partial charge is 0.264 e. The minimum atomic E-state index is 0.0512. The number of amides is 2. The lowest BCUT2D eigenvalue weighted by molar-refractivity contribution is -0.123. The van der Waals surface area contributed by atoms with Crippen LogP contribution in [0.4, 0.5) is 0 Å². The second-order valence-corrected chi connectivity index (χ2v) is 7.81. The Morgan fingerprint density at radius 1 is 1.07 bits per heavy atom. The minimum Gasteiger partial charge on any atom is -0.348 e. The summed E-state index contributed by atoms with van der Waals surface area (Å²) >= 11 is 1.48. The van der Waals surface area contributed by atoms with Crippen LogP contribution < -0.4 is 5.32 Å². The van der Waals surface area contributed by atoms with Crippen LogP contribution in [0.1, 0.15) is 41.0 Å². The van der Waals surface area contributed by atoms with Crippen molar-refractivity contribution in [1.82, 2.24) is 15.1 Å². The molecular formula is C21H27N3O2S. The van der Waals surface area contributed by atoms with Crippen LogP contribution in [0.5, 0.6) is 0 Å².